The van der Waals surface area contributed by atoms with Crippen LogP contribution in [0.2, 0.25) is 0 Å². The summed E-state index contributed by atoms with van der Waals surface area (Å²) in [4.78, 5) is 0. The van der Waals surface area contributed by atoms with Crippen LogP contribution in [-0.2, 0) is 0 Å². The molecular formula is C13H26. The fourth-order valence-electron chi connectivity index (χ4n) is 0.859. The molecule has 0 aliphatic heterocycles. The molecule has 0 radical (unpaired) electrons. The van der Waals surface area contributed by atoms with Gasteiger partial charge in [0.1, 0.15) is 0 Å². The van der Waals surface area contributed by atoms with Crippen LogP contribution in [0.3, 0.4) is 0 Å². The smallest absolute Gasteiger partial charge is 0.0350 e. The topological polar surface area (TPSA) is 0 Å². The monoisotopic (exact) mass is 182 g/mol. The Hall–Kier alpha value is -0.520. The zero-order chi connectivity index (χ0) is 10.4. The Bertz CT molecular complexity index is 96.6. The maximum absolute atomic E-state index is 3.55. The molecule has 0 rings (SSSR count). The van der Waals surface area contributed by atoms with Crippen molar-refractivity contribution < 1.29 is 0 Å². The Morgan fingerprint density at radius 1 is 0.923 bits per heavy atom. The van der Waals surface area contributed by atoms with Crippen molar-refractivity contribution in [2.24, 2.45) is 0 Å². The van der Waals surface area contributed by atoms with E-state index in [0.29, 0.717) is 0 Å². The van der Waals surface area contributed by atoms with E-state index in [1.165, 1.54) is 38.5 Å². The van der Waals surface area contributed by atoms with Gasteiger partial charge < -0.3 is 0 Å². The second-order valence-electron chi connectivity index (χ2n) is 3.16. The highest BCUT2D eigenvalue weighted by Crippen LogP contribution is 1.95. The van der Waals surface area contributed by atoms with E-state index in [9.17, 15) is 0 Å². The van der Waals surface area contributed by atoms with Gasteiger partial charge in [0.25, 0.3) is 0 Å². The van der Waals surface area contributed by atoms with E-state index in [1.54, 1.807) is 6.08 Å². The molecule has 0 aromatic carbocycles. The minimum Gasteiger partial charge on any atom is -0.0991 e. The van der Waals surface area contributed by atoms with Crippen molar-refractivity contribution in [3.8, 4) is 0 Å². The summed E-state index contributed by atoms with van der Waals surface area (Å²) >= 11 is 0. The standard InChI is InChI=1S/C7H12.C6H14/c1-3-5-7-6-4-2;1-3-5-6-4-2/h3,5,7H,1,4,6H2,2H3;3-6H2,1-2H3. The van der Waals surface area contributed by atoms with Crippen LogP contribution < -0.4 is 0 Å². The van der Waals surface area contributed by atoms with Gasteiger partial charge in [-0.05, 0) is 6.42 Å². The summed E-state index contributed by atoms with van der Waals surface area (Å²) in [7, 11) is 0. The SMILES string of the molecule is C=CC=CCCC.CCCCCC. The summed E-state index contributed by atoms with van der Waals surface area (Å²) < 4.78 is 0. The lowest BCUT2D eigenvalue weighted by Gasteiger charge is -1.86. The Balaban J connectivity index is 0. The first-order valence-electron chi connectivity index (χ1n) is 5.60. The van der Waals surface area contributed by atoms with Crippen LogP contribution in [0.4, 0.5) is 0 Å². The van der Waals surface area contributed by atoms with Crippen molar-refractivity contribution in [2.45, 2.75) is 59.3 Å². The quantitative estimate of drug-likeness (QED) is 0.395. The molecule has 0 aliphatic rings. The summed E-state index contributed by atoms with van der Waals surface area (Å²) in [5, 5.41) is 0. The van der Waals surface area contributed by atoms with Crippen molar-refractivity contribution in [1.82, 2.24) is 0 Å². The molecule has 0 aliphatic carbocycles. The first-order valence-corrected chi connectivity index (χ1v) is 5.60. The zero-order valence-corrected chi connectivity index (χ0v) is 9.68. The van der Waals surface area contributed by atoms with Gasteiger partial charge in [0.2, 0.25) is 0 Å². The largest absolute Gasteiger partial charge is 0.0991 e. The van der Waals surface area contributed by atoms with Crippen molar-refractivity contribution in [3.05, 3.63) is 24.8 Å². The average molecular weight is 182 g/mol. The van der Waals surface area contributed by atoms with Crippen molar-refractivity contribution in [2.75, 3.05) is 0 Å². The maximum atomic E-state index is 3.55. The lowest BCUT2D eigenvalue weighted by molar-refractivity contribution is 0.702. The Labute approximate surface area is 84.7 Å². The van der Waals surface area contributed by atoms with Gasteiger partial charge in [0.15, 0.2) is 0 Å². The normalized spacial score (nSPS) is 9.46. The summed E-state index contributed by atoms with van der Waals surface area (Å²) in [6, 6.07) is 0. The van der Waals surface area contributed by atoms with Crippen molar-refractivity contribution >= 4 is 0 Å². The van der Waals surface area contributed by atoms with Crippen molar-refractivity contribution in [3.63, 3.8) is 0 Å². The Morgan fingerprint density at radius 2 is 1.46 bits per heavy atom. The van der Waals surface area contributed by atoms with Crippen LogP contribution in [0.15, 0.2) is 24.8 Å². The highest BCUT2D eigenvalue weighted by atomic mass is 13.8. The molecule has 0 nitrogen and oxygen atoms in total. The second-order valence-corrected chi connectivity index (χ2v) is 3.16. The molecule has 0 unspecified atom stereocenters. The van der Waals surface area contributed by atoms with Crippen LogP contribution in [0, 0.1) is 0 Å². The highest BCUT2D eigenvalue weighted by molar-refractivity contribution is 4.96. The van der Waals surface area contributed by atoms with Gasteiger partial charge in [0, 0.05) is 0 Å². The van der Waals surface area contributed by atoms with Gasteiger partial charge in [-0.15, -0.1) is 0 Å². The number of hydrogen-bond donors (Lipinski definition) is 0. The van der Waals surface area contributed by atoms with Gasteiger partial charge in [-0.1, -0.05) is 77.7 Å². The molecule has 0 fully saturated rings. The minimum atomic E-state index is 1.17. The molecule has 0 saturated heterocycles. The van der Waals surface area contributed by atoms with Crippen LogP contribution >= 0.6 is 0 Å². The molecule has 13 heavy (non-hydrogen) atoms. The fraction of sp³-hybridized carbons (Fsp3) is 0.692. The van der Waals surface area contributed by atoms with Gasteiger partial charge in [0.05, 0.1) is 0 Å². The summed E-state index contributed by atoms with van der Waals surface area (Å²) in [6.07, 6.45) is 13.8. The van der Waals surface area contributed by atoms with E-state index in [-0.39, 0.29) is 0 Å². The molecule has 78 valence electrons. The van der Waals surface area contributed by atoms with Gasteiger partial charge >= 0.3 is 0 Å². The summed E-state index contributed by atoms with van der Waals surface area (Å²) in [5.41, 5.74) is 0. The maximum Gasteiger partial charge on any atom is -0.0350 e. The number of rotatable bonds is 6. The zero-order valence-electron chi connectivity index (χ0n) is 9.68. The molecule has 0 N–H and O–H groups in total. The highest BCUT2D eigenvalue weighted by Gasteiger charge is 1.75. The lowest BCUT2D eigenvalue weighted by Crippen LogP contribution is -1.66. The third kappa shape index (κ3) is 24.6. The van der Waals surface area contributed by atoms with Crippen LogP contribution in [-0.4, -0.2) is 0 Å². The Kier molecular flexibility index (Phi) is 20.2. The second kappa shape index (κ2) is 17.5. The molecule has 0 heteroatoms. The minimum absolute atomic E-state index is 1.17. The molecule has 0 bridgehead atoms. The van der Waals surface area contributed by atoms with Gasteiger partial charge in [-0.25, -0.2) is 0 Å². The number of allylic oxidation sites excluding steroid dienone is 3. The average Bonchev–Trinajstić information content (AvgIpc) is 2.17. The predicted octanol–water partition coefficient (Wildman–Crippen LogP) is 5.12. The van der Waals surface area contributed by atoms with E-state index >= 15 is 0 Å². The summed E-state index contributed by atoms with van der Waals surface area (Å²) in [6.45, 7) is 10.2. The molecule has 0 spiro atoms. The van der Waals surface area contributed by atoms with E-state index in [1.807, 2.05) is 6.08 Å². The number of unbranched alkanes of at least 4 members (excludes halogenated alkanes) is 4. The van der Waals surface area contributed by atoms with Crippen molar-refractivity contribution in [1.29, 1.82) is 0 Å². The Morgan fingerprint density at radius 3 is 1.77 bits per heavy atom. The fourth-order valence-corrected chi connectivity index (χ4v) is 0.859. The number of hydrogen-bond acceptors (Lipinski definition) is 0. The van der Waals surface area contributed by atoms with Gasteiger partial charge in [-0.2, -0.15) is 0 Å². The van der Waals surface area contributed by atoms with E-state index in [2.05, 4.69) is 33.4 Å². The molecule has 0 amide bonds. The molecule has 0 saturated carbocycles. The van der Waals surface area contributed by atoms with E-state index in [0.717, 1.165) is 0 Å². The molecule has 0 aromatic rings. The third-order valence-corrected chi connectivity index (χ3v) is 1.68. The van der Waals surface area contributed by atoms with Gasteiger partial charge in [-0.3, -0.25) is 0 Å². The third-order valence-electron chi connectivity index (χ3n) is 1.68. The molecule has 0 atom stereocenters. The van der Waals surface area contributed by atoms with E-state index in [4.69, 9.17) is 0 Å². The molecular weight excluding hydrogens is 156 g/mol. The first-order chi connectivity index (χ1) is 6.33. The van der Waals surface area contributed by atoms with Crippen LogP contribution in [0.5, 0.6) is 0 Å². The van der Waals surface area contributed by atoms with Crippen LogP contribution in [0.1, 0.15) is 59.3 Å². The predicted molar refractivity (Wildman–Crippen MR) is 64.1 cm³/mol. The molecule has 0 heterocycles. The van der Waals surface area contributed by atoms with E-state index < -0.39 is 0 Å². The van der Waals surface area contributed by atoms with Crippen LogP contribution in [0.25, 0.3) is 0 Å². The summed E-state index contributed by atoms with van der Waals surface area (Å²) in [5.74, 6) is 0. The molecule has 0 aromatic heterocycles. The lowest BCUT2D eigenvalue weighted by atomic mass is 10.2. The first kappa shape index (κ1) is 15.0.